The Labute approximate surface area is 228 Å². The van der Waals surface area contributed by atoms with E-state index < -0.39 is 0 Å². The second kappa shape index (κ2) is 9.18. The van der Waals surface area contributed by atoms with Crippen molar-refractivity contribution in [3.63, 3.8) is 0 Å². The predicted octanol–water partition coefficient (Wildman–Crippen LogP) is 6.59. The van der Waals surface area contributed by atoms with Crippen LogP contribution in [0.1, 0.15) is 71.5 Å². The molecule has 4 fully saturated rings. The summed E-state index contributed by atoms with van der Waals surface area (Å²) in [6.07, 6.45) is 9.33. The van der Waals surface area contributed by atoms with Crippen LogP contribution in [0, 0.1) is 37.4 Å². The third-order valence-electron chi connectivity index (χ3n) is 9.36. The molecule has 0 aliphatic heterocycles. The van der Waals surface area contributed by atoms with Gasteiger partial charge in [-0.2, -0.15) is 10.2 Å². The van der Waals surface area contributed by atoms with Crippen LogP contribution in [-0.2, 0) is 12.0 Å². The Hall–Kier alpha value is -3.74. The van der Waals surface area contributed by atoms with E-state index in [0.29, 0.717) is 17.8 Å². The quantitative estimate of drug-likeness (QED) is 0.310. The molecule has 0 spiro atoms. The van der Waals surface area contributed by atoms with Crippen molar-refractivity contribution >= 4 is 11.6 Å². The fraction of sp³-hybridized carbons (Fsp3) is 0.406. The summed E-state index contributed by atoms with van der Waals surface area (Å²) < 4.78 is 17.5. The molecule has 1 amide bonds. The van der Waals surface area contributed by atoms with E-state index in [0.717, 1.165) is 65.3 Å². The molecule has 4 aliphatic rings. The van der Waals surface area contributed by atoms with Gasteiger partial charge in [-0.25, -0.2) is 9.07 Å². The molecule has 2 aromatic heterocycles. The van der Waals surface area contributed by atoms with Crippen molar-refractivity contribution in [1.29, 1.82) is 0 Å². The minimum absolute atomic E-state index is 0.0207. The highest BCUT2D eigenvalue weighted by atomic mass is 19.1. The summed E-state index contributed by atoms with van der Waals surface area (Å²) in [4.78, 5) is 14.0. The molecule has 200 valence electrons. The molecule has 7 heteroatoms. The standard InChI is InChI=1S/C32H34FN5O/c1-20-29(21(2)37(35-20)18-22-7-6-8-26(33)14-22)34-31(39)28-19-38(27-9-4-3-5-10-27)36-30(28)32-15-23-11-24(16-32)13-25(12-23)17-32/h3-10,14,19,23-25H,11-13,15-18H2,1-2H3,(H,34,39). The molecule has 0 unspecified atom stereocenters. The number of para-hydroxylation sites is 1. The fourth-order valence-corrected chi connectivity index (χ4v) is 8.07. The Morgan fingerprint density at radius 3 is 2.33 bits per heavy atom. The summed E-state index contributed by atoms with van der Waals surface area (Å²) in [5.74, 6) is 1.84. The molecular weight excluding hydrogens is 489 g/mol. The van der Waals surface area contributed by atoms with Crippen LogP contribution in [0.15, 0.2) is 60.8 Å². The number of nitrogens with zero attached hydrogens (tertiary/aromatic N) is 4. The van der Waals surface area contributed by atoms with Gasteiger partial charge in [0.05, 0.1) is 40.6 Å². The number of hydrogen-bond acceptors (Lipinski definition) is 3. The van der Waals surface area contributed by atoms with E-state index >= 15 is 0 Å². The first-order chi connectivity index (χ1) is 18.9. The van der Waals surface area contributed by atoms with Crippen LogP contribution in [0.3, 0.4) is 0 Å². The number of carbonyl (C=O) groups is 1. The number of nitrogens with one attached hydrogen (secondary N) is 1. The number of halogens is 1. The molecule has 4 aromatic rings. The first kappa shape index (κ1) is 24.3. The number of amides is 1. The Morgan fingerprint density at radius 2 is 1.67 bits per heavy atom. The predicted molar refractivity (Wildman–Crippen MR) is 149 cm³/mol. The zero-order valence-electron chi connectivity index (χ0n) is 22.5. The van der Waals surface area contributed by atoms with Crippen LogP contribution in [0.5, 0.6) is 0 Å². The molecule has 0 radical (unpaired) electrons. The largest absolute Gasteiger partial charge is 0.319 e. The lowest BCUT2D eigenvalue weighted by Gasteiger charge is -2.56. The monoisotopic (exact) mass is 523 g/mol. The average Bonchev–Trinajstić information content (AvgIpc) is 3.47. The molecule has 6 nitrogen and oxygen atoms in total. The van der Waals surface area contributed by atoms with Crippen LogP contribution in [0.2, 0.25) is 0 Å². The number of rotatable bonds is 6. The van der Waals surface area contributed by atoms with Crippen LogP contribution in [0.4, 0.5) is 10.1 Å². The number of aryl methyl sites for hydroxylation is 1. The number of hydrogen-bond donors (Lipinski definition) is 1. The van der Waals surface area contributed by atoms with E-state index in [-0.39, 0.29) is 17.1 Å². The molecule has 4 saturated carbocycles. The lowest BCUT2D eigenvalue weighted by Crippen LogP contribution is -2.49. The third kappa shape index (κ3) is 4.28. The zero-order chi connectivity index (χ0) is 26.7. The minimum Gasteiger partial charge on any atom is -0.319 e. The second-order valence-electron chi connectivity index (χ2n) is 12.2. The van der Waals surface area contributed by atoms with E-state index in [1.807, 2.05) is 65.8 Å². The van der Waals surface area contributed by atoms with Gasteiger partial charge >= 0.3 is 0 Å². The highest BCUT2D eigenvalue weighted by molar-refractivity contribution is 6.05. The van der Waals surface area contributed by atoms with Gasteiger partial charge < -0.3 is 5.32 Å². The number of carbonyl (C=O) groups excluding carboxylic acids is 1. The fourth-order valence-electron chi connectivity index (χ4n) is 8.07. The van der Waals surface area contributed by atoms with E-state index in [1.54, 1.807) is 6.07 Å². The van der Waals surface area contributed by atoms with E-state index in [2.05, 4.69) is 10.4 Å². The average molecular weight is 524 g/mol. The molecule has 0 atom stereocenters. The van der Waals surface area contributed by atoms with Crippen molar-refractivity contribution in [2.24, 2.45) is 17.8 Å². The van der Waals surface area contributed by atoms with Crippen molar-refractivity contribution in [3.8, 4) is 5.69 Å². The first-order valence-electron chi connectivity index (χ1n) is 14.1. The molecule has 2 heterocycles. The summed E-state index contributed by atoms with van der Waals surface area (Å²) in [5, 5.41) is 13.0. The molecule has 4 aliphatic carbocycles. The summed E-state index contributed by atoms with van der Waals surface area (Å²) >= 11 is 0. The van der Waals surface area contributed by atoms with Gasteiger partial charge in [0.1, 0.15) is 5.82 Å². The lowest BCUT2D eigenvalue weighted by molar-refractivity contribution is -0.00765. The van der Waals surface area contributed by atoms with Gasteiger partial charge in [0.15, 0.2) is 0 Å². The van der Waals surface area contributed by atoms with Crippen molar-refractivity contribution in [3.05, 3.63) is 94.8 Å². The maximum Gasteiger partial charge on any atom is 0.259 e. The zero-order valence-corrected chi connectivity index (χ0v) is 22.5. The molecule has 2 aromatic carbocycles. The van der Waals surface area contributed by atoms with Crippen LogP contribution >= 0.6 is 0 Å². The van der Waals surface area contributed by atoms with Crippen molar-refractivity contribution in [2.45, 2.75) is 64.3 Å². The Morgan fingerprint density at radius 1 is 0.974 bits per heavy atom. The van der Waals surface area contributed by atoms with Crippen LogP contribution in [-0.4, -0.2) is 25.5 Å². The SMILES string of the molecule is Cc1nn(Cc2cccc(F)c2)c(C)c1NC(=O)c1cn(-c2ccccc2)nc1C12CC3CC(CC(C3)C1)C2. The summed E-state index contributed by atoms with van der Waals surface area (Å²) in [6.45, 7) is 4.28. The second-order valence-corrected chi connectivity index (χ2v) is 12.2. The van der Waals surface area contributed by atoms with Gasteiger partial charge in [0.25, 0.3) is 5.91 Å². The lowest BCUT2D eigenvalue weighted by atomic mass is 9.48. The molecule has 4 bridgehead atoms. The van der Waals surface area contributed by atoms with Gasteiger partial charge in [0.2, 0.25) is 0 Å². The van der Waals surface area contributed by atoms with Gasteiger partial charge in [-0.05, 0) is 100.0 Å². The maximum absolute atomic E-state index is 14.0. The Kier molecular flexibility index (Phi) is 5.72. The summed E-state index contributed by atoms with van der Waals surface area (Å²) in [6, 6.07) is 16.6. The third-order valence-corrected chi connectivity index (χ3v) is 9.36. The van der Waals surface area contributed by atoms with E-state index in [1.165, 1.54) is 31.4 Å². The molecule has 0 saturated heterocycles. The first-order valence-corrected chi connectivity index (χ1v) is 14.1. The Bertz CT molecular complexity index is 1520. The van der Waals surface area contributed by atoms with Gasteiger partial charge in [-0.1, -0.05) is 30.3 Å². The number of aromatic nitrogens is 4. The summed E-state index contributed by atoms with van der Waals surface area (Å²) in [7, 11) is 0. The van der Waals surface area contributed by atoms with Gasteiger partial charge in [-0.15, -0.1) is 0 Å². The van der Waals surface area contributed by atoms with Crippen molar-refractivity contribution < 1.29 is 9.18 Å². The highest BCUT2D eigenvalue weighted by Crippen LogP contribution is 2.61. The van der Waals surface area contributed by atoms with Crippen molar-refractivity contribution in [1.82, 2.24) is 19.6 Å². The topological polar surface area (TPSA) is 64.7 Å². The molecular formula is C32H34FN5O. The number of anilines is 1. The van der Waals surface area contributed by atoms with Crippen LogP contribution < -0.4 is 5.32 Å². The number of benzene rings is 2. The van der Waals surface area contributed by atoms with Crippen molar-refractivity contribution in [2.75, 3.05) is 5.32 Å². The smallest absolute Gasteiger partial charge is 0.259 e. The van der Waals surface area contributed by atoms with Crippen LogP contribution in [0.25, 0.3) is 5.69 Å². The normalized spacial score (nSPS) is 25.3. The molecule has 39 heavy (non-hydrogen) atoms. The minimum atomic E-state index is -0.268. The van der Waals surface area contributed by atoms with E-state index in [4.69, 9.17) is 5.10 Å². The molecule has 8 rings (SSSR count). The molecule has 1 N–H and O–H groups in total. The highest BCUT2D eigenvalue weighted by Gasteiger charge is 2.54. The van der Waals surface area contributed by atoms with Gasteiger partial charge in [0, 0.05) is 11.6 Å². The maximum atomic E-state index is 14.0. The van der Waals surface area contributed by atoms with E-state index in [9.17, 15) is 9.18 Å². The Balaban J connectivity index is 1.24. The summed E-state index contributed by atoms with van der Waals surface area (Å²) in [5.41, 5.74) is 5.68. The van der Waals surface area contributed by atoms with Gasteiger partial charge in [-0.3, -0.25) is 9.48 Å².